The highest BCUT2D eigenvalue weighted by Crippen LogP contribution is 2.31. The van der Waals surface area contributed by atoms with E-state index in [2.05, 4.69) is 51.8 Å². The zero-order valence-corrected chi connectivity index (χ0v) is 14.2. The van der Waals surface area contributed by atoms with Gasteiger partial charge in [0.1, 0.15) is 5.82 Å². The maximum Gasteiger partial charge on any atom is 0.125 e. The van der Waals surface area contributed by atoms with Crippen molar-refractivity contribution in [3.05, 3.63) is 29.6 Å². The molecule has 1 aromatic carbocycles. The van der Waals surface area contributed by atoms with Crippen LogP contribution < -0.4 is 10.2 Å². The van der Waals surface area contributed by atoms with Gasteiger partial charge in [-0.15, -0.1) is 0 Å². The van der Waals surface area contributed by atoms with Crippen molar-refractivity contribution in [3.63, 3.8) is 0 Å². The van der Waals surface area contributed by atoms with Crippen LogP contribution in [0.3, 0.4) is 0 Å². The van der Waals surface area contributed by atoms with Crippen LogP contribution in [0.2, 0.25) is 0 Å². The Kier molecular flexibility index (Phi) is 4.62. The largest absolute Gasteiger partial charge is 0.365 e. The van der Waals surface area contributed by atoms with Gasteiger partial charge in [-0.1, -0.05) is 40.7 Å². The van der Waals surface area contributed by atoms with E-state index in [1.165, 1.54) is 0 Å². The number of anilines is 1. The molecule has 1 saturated heterocycles. The number of piperazine rings is 1. The van der Waals surface area contributed by atoms with Crippen molar-refractivity contribution in [2.45, 2.75) is 53.6 Å². The highest BCUT2D eigenvalue weighted by atomic mass is 19.1. The molecule has 1 aliphatic rings. The van der Waals surface area contributed by atoms with Gasteiger partial charge in [0.15, 0.2) is 0 Å². The fourth-order valence-electron chi connectivity index (χ4n) is 3.11. The highest BCUT2D eigenvalue weighted by Gasteiger charge is 2.35. The monoisotopic (exact) mass is 292 g/mol. The Morgan fingerprint density at radius 3 is 2.52 bits per heavy atom. The summed E-state index contributed by atoms with van der Waals surface area (Å²) in [6, 6.07) is 5.94. The summed E-state index contributed by atoms with van der Waals surface area (Å²) in [4.78, 5) is 2.41. The Hall–Kier alpha value is -1.09. The molecule has 2 atom stereocenters. The van der Waals surface area contributed by atoms with Crippen molar-refractivity contribution < 1.29 is 4.39 Å². The lowest BCUT2D eigenvalue weighted by atomic mass is 9.83. The zero-order chi connectivity index (χ0) is 15.8. The Bertz CT molecular complexity index is 490. The van der Waals surface area contributed by atoms with Crippen molar-refractivity contribution in [2.75, 3.05) is 18.0 Å². The smallest absolute Gasteiger partial charge is 0.125 e. The minimum absolute atomic E-state index is 0.149. The molecule has 3 heteroatoms. The Morgan fingerprint density at radius 1 is 1.29 bits per heavy atom. The molecule has 1 fully saturated rings. The molecule has 2 rings (SSSR count). The quantitative estimate of drug-likeness (QED) is 0.887. The predicted octanol–water partition coefficient (Wildman–Crippen LogP) is 3.98. The minimum atomic E-state index is -0.149. The molecule has 118 valence electrons. The van der Waals surface area contributed by atoms with Crippen LogP contribution in [-0.2, 0) is 0 Å². The molecule has 1 heterocycles. The second kappa shape index (κ2) is 5.96. The summed E-state index contributed by atoms with van der Waals surface area (Å²) >= 11 is 0. The van der Waals surface area contributed by atoms with Gasteiger partial charge in [0.05, 0.1) is 0 Å². The van der Waals surface area contributed by atoms with Crippen LogP contribution in [0.5, 0.6) is 0 Å². The maximum absolute atomic E-state index is 13.7. The van der Waals surface area contributed by atoms with Crippen molar-refractivity contribution in [1.82, 2.24) is 5.32 Å². The lowest BCUT2D eigenvalue weighted by molar-refractivity contribution is 0.220. The summed E-state index contributed by atoms with van der Waals surface area (Å²) in [5.41, 5.74) is 2.39. The Morgan fingerprint density at radius 2 is 1.95 bits per heavy atom. The summed E-state index contributed by atoms with van der Waals surface area (Å²) < 4.78 is 13.7. The summed E-state index contributed by atoms with van der Waals surface area (Å²) in [5, 5.41) is 3.69. The van der Waals surface area contributed by atoms with E-state index in [1.807, 2.05) is 6.07 Å². The van der Waals surface area contributed by atoms with Crippen LogP contribution in [-0.4, -0.2) is 25.2 Å². The molecular formula is C18H29FN2. The van der Waals surface area contributed by atoms with Gasteiger partial charge < -0.3 is 10.2 Å². The first kappa shape index (κ1) is 16.3. The second-order valence-electron chi connectivity index (χ2n) is 7.72. The van der Waals surface area contributed by atoms with E-state index in [1.54, 1.807) is 12.1 Å². The molecule has 0 spiro atoms. The van der Waals surface area contributed by atoms with Crippen LogP contribution >= 0.6 is 0 Å². The van der Waals surface area contributed by atoms with E-state index >= 15 is 0 Å². The first-order valence-corrected chi connectivity index (χ1v) is 7.96. The third kappa shape index (κ3) is 3.57. The number of nitrogens with zero attached hydrogens (tertiary/aromatic N) is 1. The third-order valence-corrected chi connectivity index (χ3v) is 4.65. The molecule has 1 aliphatic heterocycles. The number of hydrogen-bond acceptors (Lipinski definition) is 2. The summed E-state index contributed by atoms with van der Waals surface area (Å²) in [6.07, 6.45) is 0. The van der Waals surface area contributed by atoms with E-state index in [-0.39, 0.29) is 11.2 Å². The number of aryl methyl sites for hydroxylation is 1. The minimum Gasteiger partial charge on any atom is -0.365 e. The van der Waals surface area contributed by atoms with E-state index in [0.717, 1.165) is 24.3 Å². The predicted molar refractivity (Wildman–Crippen MR) is 88.4 cm³/mol. The van der Waals surface area contributed by atoms with Gasteiger partial charge in [-0.3, -0.25) is 0 Å². The molecule has 0 aromatic heterocycles. The van der Waals surface area contributed by atoms with Crippen molar-refractivity contribution in [2.24, 2.45) is 11.3 Å². The molecular weight excluding hydrogens is 263 g/mol. The number of benzene rings is 1. The fourth-order valence-corrected chi connectivity index (χ4v) is 3.11. The van der Waals surface area contributed by atoms with Crippen LogP contribution in [0.25, 0.3) is 0 Å². The lowest BCUT2D eigenvalue weighted by Crippen LogP contribution is -2.62. The van der Waals surface area contributed by atoms with Gasteiger partial charge >= 0.3 is 0 Å². The fraction of sp³-hybridized carbons (Fsp3) is 0.667. The molecule has 0 saturated carbocycles. The topological polar surface area (TPSA) is 15.3 Å². The molecule has 1 aromatic rings. The Balaban J connectivity index is 2.36. The van der Waals surface area contributed by atoms with Crippen molar-refractivity contribution in [3.8, 4) is 0 Å². The molecule has 1 N–H and O–H groups in total. The normalized spacial score (nSPS) is 23.7. The van der Waals surface area contributed by atoms with Gasteiger partial charge in [-0.05, 0) is 36.0 Å². The molecule has 21 heavy (non-hydrogen) atoms. The van der Waals surface area contributed by atoms with Gasteiger partial charge in [-0.25, -0.2) is 4.39 Å². The SMILES string of the molecule is Cc1ccc(F)cc1N1CC(C(C)(C)C)NCC1C(C)C. The molecule has 2 unspecified atom stereocenters. The van der Waals surface area contributed by atoms with Gasteiger partial charge in [0.25, 0.3) is 0 Å². The van der Waals surface area contributed by atoms with Gasteiger partial charge in [0.2, 0.25) is 0 Å². The van der Waals surface area contributed by atoms with Crippen LogP contribution in [0, 0.1) is 24.1 Å². The van der Waals surface area contributed by atoms with Gasteiger partial charge in [-0.2, -0.15) is 0 Å². The summed E-state index contributed by atoms with van der Waals surface area (Å²) in [7, 11) is 0. The maximum atomic E-state index is 13.7. The standard InChI is InChI=1S/C18H29FN2/c1-12(2)16-10-20-17(18(4,5)6)11-21(16)15-9-14(19)8-7-13(15)3/h7-9,12,16-17,20H,10-11H2,1-6H3. The molecule has 0 radical (unpaired) electrons. The average molecular weight is 292 g/mol. The van der Waals surface area contributed by atoms with E-state index < -0.39 is 0 Å². The first-order valence-electron chi connectivity index (χ1n) is 7.96. The molecule has 0 aliphatic carbocycles. The number of rotatable bonds is 2. The number of halogens is 1. The zero-order valence-electron chi connectivity index (χ0n) is 14.2. The van der Waals surface area contributed by atoms with Crippen LogP contribution in [0.15, 0.2) is 18.2 Å². The molecule has 0 bridgehead atoms. The van der Waals surface area contributed by atoms with E-state index in [0.29, 0.717) is 18.0 Å². The van der Waals surface area contributed by atoms with Crippen LogP contribution in [0.4, 0.5) is 10.1 Å². The molecule has 2 nitrogen and oxygen atoms in total. The van der Waals surface area contributed by atoms with E-state index in [4.69, 9.17) is 0 Å². The number of nitrogens with one attached hydrogen (secondary N) is 1. The molecule has 0 amide bonds. The summed E-state index contributed by atoms with van der Waals surface area (Å²) in [6.45, 7) is 15.2. The highest BCUT2D eigenvalue weighted by molar-refractivity contribution is 5.55. The van der Waals surface area contributed by atoms with E-state index in [9.17, 15) is 4.39 Å². The van der Waals surface area contributed by atoms with Crippen LogP contribution in [0.1, 0.15) is 40.2 Å². The van der Waals surface area contributed by atoms with Gasteiger partial charge in [0, 0.05) is 30.9 Å². The number of hydrogen-bond donors (Lipinski definition) is 1. The third-order valence-electron chi connectivity index (χ3n) is 4.65. The Labute approximate surface area is 128 Å². The van der Waals surface area contributed by atoms with Crippen molar-refractivity contribution >= 4 is 5.69 Å². The van der Waals surface area contributed by atoms with Crippen molar-refractivity contribution in [1.29, 1.82) is 0 Å². The summed E-state index contributed by atoms with van der Waals surface area (Å²) in [5.74, 6) is 0.380. The second-order valence-corrected chi connectivity index (χ2v) is 7.72. The average Bonchev–Trinajstić information content (AvgIpc) is 2.39. The first-order chi connectivity index (χ1) is 9.70. The lowest BCUT2D eigenvalue weighted by Gasteiger charge is -2.48.